The molecule has 27 heavy (non-hydrogen) atoms. The van der Waals surface area contributed by atoms with Gasteiger partial charge in [0.1, 0.15) is 12.1 Å². The molecule has 1 heterocycles. The maximum Gasteiger partial charge on any atom is 0.233 e. The first-order valence-electron chi connectivity index (χ1n) is 8.64. The van der Waals surface area contributed by atoms with Crippen LogP contribution in [0.1, 0.15) is 31.0 Å². The number of hydrogen-bond acceptors (Lipinski definition) is 4. The van der Waals surface area contributed by atoms with E-state index in [1.54, 1.807) is 18.5 Å². The molecule has 0 aliphatic rings. The number of halogens is 1. The Morgan fingerprint density at radius 2 is 1.85 bits per heavy atom. The van der Waals surface area contributed by atoms with Crippen LogP contribution < -0.4 is 5.32 Å². The standard InChI is InChI=1S/C20H21FN4OS/c1-13-6-4-5-7-18(13)25-12-22-24-20(25)27-15(3)19(26)23-14(2)16-8-10-17(21)11-9-16/h4-12,14-15H,1-3H3,(H,23,26)/t14-,15+/m0/s1. The van der Waals surface area contributed by atoms with Gasteiger partial charge in [-0.1, -0.05) is 42.1 Å². The normalized spacial score (nSPS) is 13.2. The van der Waals surface area contributed by atoms with Crippen LogP contribution in [0.5, 0.6) is 0 Å². The lowest BCUT2D eigenvalue weighted by atomic mass is 10.1. The predicted octanol–water partition coefficient (Wildman–Crippen LogP) is 4.07. The van der Waals surface area contributed by atoms with Crippen molar-refractivity contribution in [3.8, 4) is 5.69 Å². The summed E-state index contributed by atoms with van der Waals surface area (Å²) < 4.78 is 14.9. The zero-order valence-corrected chi connectivity index (χ0v) is 16.2. The summed E-state index contributed by atoms with van der Waals surface area (Å²) in [6.45, 7) is 5.72. The second kappa shape index (κ2) is 8.35. The van der Waals surface area contributed by atoms with E-state index in [4.69, 9.17) is 0 Å². The van der Waals surface area contributed by atoms with Crippen LogP contribution in [0.15, 0.2) is 60.0 Å². The third-order valence-electron chi connectivity index (χ3n) is 4.27. The molecular formula is C20H21FN4OS. The molecule has 0 saturated heterocycles. The number of hydrogen-bond donors (Lipinski definition) is 1. The second-order valence-corrected chi connectivity index (χ2v) is 7.62. The molecule has 3 rings (SSSR count). The van der Waals surface area contributed by atoms with E-state index in [1.807, 2.05) is 49.6 Å². The summed E-state index contributed by atoms with van der Waals surface area (Å²) in [5, 5.41) is 11.4. The van der Waals surface area contributed by atoms with Gasteiger partial charge >= 0.3 is 0 Å². The highest BCUT2D eigenvalue weighted by atomic mass is 32.2. The van der Waals surface area contributed by atoms with Crippen molar-refractivity contribution in [1.82, 2.24) is 20.1 Å². The van der Waals surface area contributed by atoms with Crippen molar-refractivity contribution in [1.29, 1.82) is 0 Å². The summed E-state index contributed by atoms with van der Waals surface area (Å²) in [4.78, 5) is 12.6. The first-order valence-corrected chi connectivity index (χ1v) is 9.52. The number of thioether (sulfide) groups is 1. The lowest BCUT2D eigenvalue weighted by Gasteiger charge is -2.18. The van der Waals surface area contributed by atoms with Gasteiger partial charge in [0.25, 0.3) is 0 Å². The Morgan fingerprint density at radius 1 is 1.15 bits per heavy atom. The third-order valence-corrected chi connectivity index (χ3v) is 5.33. The minimum Gasteiger partial charge on any atom is -0.349 e. The smallest absolute Gasteiger partial charge is 0.233 e. The molecule has 0 radical (unpaired) electrons. The summed E-state index contributed by atoms with van der Waals surface area (Å²) in [5.41, 5.74) is 2.93. The van der Waals surface area contributed by atoms with Crippen LogP contribution in [-0.4, -0.2) is 25.9 Å². The van der Waals surface area contributed by atoms with Crippen LogP contribution in [0.3, 0.4) is 0 Å². The number of aromatic nitrogens is 3. The summed E-state index contributed by atoms with van der Waals surface area (Å²) >= 11 is 1.35. The van der Waals surface area contributed by atoms with E-state index in [1.165, 1.54) is 23.9 Å². The zero-order chi connectivity index (χ0) is 19.4. The van der Waals surface area contributed by atoms with Gasteiger partial charge in [-0.3, -0.25) is 9.36 Å². The quantitative estimate of drug-likeness (QED) is 0.651. The van der Waals surface area contributed by atoms with Gasteiger partial charge in [-0.05, 0) is 50.1 Å². The Hall–Kier alpha value is -2.67. The lowest BCUT2D eigenvalue weighted by molar-refractivity contribution is -0.120. The van der Waals surface area contributed by atoms with Crippen molar-refractivity contribution in [2.45, 2.75) is 37.2 Å². The molecule has 0 bridgehead atoms. The fourth-order valence-electron chi connectivity index (χ4n) is 2.68. The zero-order valence-electron chi connectivity index (χ0n) is 15.4. The van der Waals surface area contributed by atoms with Gasteiger partial charge < -0.3 is 5.32 Å². The molecule has 5 nitrogen and oxygen atoms in total. The van der Waals surface area contributed by atoms with Crippen LogP contribution in [0.4, 0.5) is 4.39 Å². The summed E-state index contributed by atoms with van der Waals surface area (Å²) in [5.74, 6) is -0.409. The Kier molecular flexibility index (Phi) is 5.91. The number of aryl methyl sites for hydroxylation is 1. The Bertz CT molecular complexity index is 926. The second-order valence-electron chi connectivity index (χ2n) is 6.31. The third kappa shape index (κ3) is 4.54. The summed E-state index contributed by atoms with van der Waals surface area (Å²) in [6, 6.07) is 13.9. The number of amides is 1. The molecular weight excluding hydrogens is 363 g/mol. The van der Waals surface area contributed by atoms with Crippen LogP contribution >= 0.6 is 11.8 Å². The number of nitrogens with zero attached hydrogens (tertiary/aromatic N) is 3. The molecule has 0 aliphatic carbocycles. The van der Waals surface area contributed by atoms with E-state index in [9.17, 15) is 9.18 Å². The van der Waals surface area contributed by atoms with E-state index in [0.717, 1.165) is 16.8 Å². The van der Waals surface area contributed by atoms with E-state index in [2.05, 4.69) is 15.5 Å². The van der Waals surface area contributed by atoms with Crippen molar-refractivity contribution >= 4 is 17.7 Å². The van der Waals surface area contributed by atoms with Gasteiger partial charge in [0, 0.05) is 0 Å². The van der Waals surface area contributed by atoms with Gasteiger partial charge in [0.15, 0.2) is 5.16 Å². The predicted molar refractivity (Wildman–Crippen MR) is 104 cm³/mol. The average Bonchev–Trinajstić information content (AvgIpc) is 3.10. The molecule has 0 aliphatic heterocycles. The molecule has 0 saturated carbocycles. The van der Waals surface area contributed by atoms with Crippen LogP contribution in [-0.2, 0) is 4.79 Å². The highest BCUT2D eigenvalue weighted by molar-refractivity contribution is 8.00. The Morgan fingerprint density at radius 3 is 2.56 bits per heavy atom. The van der Waals surface area contributed by atoms with E-state index in [-0.39, 0.29) is 23.0 Å². The van der Waals surface area contributed by atoms with E-state index >= 15 is 0 Å². The van der Waals surface area contributed by atoms with Crippen LogP contribution in [0.2, 0.25) is 0 Å². The Balaban J connectivity index is 1.68. The fraction of sp³-hybridized carbons (Fsp3) is 0.250. The van der Waals surface area contributed by atoms with Gasteiger partial charge in [-0.25, -0.2) is 4.39 Å². The van der Waals surface area contributed by atoms with Gasteiger partial charge in [-0.15, -0.1) is 10.2 Å². The number of carbonyl (C=O) groups excluding carboxylic acids is 1. The highest BCUT2D eigenvalue weighted by Crippen LogP contribution is 2.26. The van der Waals surface area contributed by atoms with Gasteiger partial charge in [-0.2, -0.15) is 0 Å². The molecule has 7 heteroatoms. The van der Waals surface area contributed by atoms with Crippen molar-refractivity contribution in [3.63, 3.8) is 0 Å². The van der Waals surface area contributed by atoms with Crippen LogP contribution in [0, 0.1) is 12.7 Å². The SMILES string of the molecule is Cc1ccccc1-n1cnnc1S[C@H](C)C(=O)N[C@@H](C)c1ccc(F)cc1. The number of nitrogens with one attached hydrogen (secondary N) is 1. The highest BCUT2D eigenvalue weighted by Gasteiger charge is 2.20. The molecule has 1 aromatic heterocycles. The molecule has 2 aromatic carbocycles. The number of para-hydroxylation sites is 1. The maximum atomic E-state index is 13.1. The van der Waals surface area contributed by atoms with E-state index in [0.29, 0.717) is 5.16 Å². The maximum absolute atomic E-state index is 13.1. The molecule has 1 N–H and O–H groups in total. The molecule has 140 valence electrons. The summed E-state index contributed by atoms with van der Waals surface area (Å²) in [7, 11) is 0. The number of benzene rings is 2. The largest absolute Gasteiger partial charge is 0.349 e. The van der Waals surface area contributed by atoms with Gasteiger partial charge in [0.05, 0.1) is 17.0 Å². The molecule has 0 spiro atoms. The van der Waals surface area contributed by atoms with Crippen molar-refractivity contribution in [2.75, 3.05) is 0 Å². The minimum absolute atomic E-state index is 0.115. The first-order chi connectivity index (χ1) is 13.0. The average molecular weight is 384 g/mol. The van der Waals surface area contributed by atoms with Crippen LogP contribution in [0.25, 0.3) is 5.69 Å². The van der Waals surface area contributed by atoms with Crippen molar-refractivity contribution in [3.05, 3.63) is 71.8 Å². The fourth-order valence-corrected chi connectivity index (χ4v) is 3.53. The van der Waals surface area contributed by atoms with E-state index < -0.39 is 0 Å². The Labute approximate surface area is 162 Å². The molecule has 1 amide bonds. The lowest BCUT2D eigenvalue weighted by Crippen LogP contribution is -2.33. The monoisotopic (exact) mass is 384 g/mol. The van der Waals surface area contributed by atoms with Gasteiger partial charge in [0.2, 0.25) is 5.91 Å². The first kappa shape index (κ1) is 19.1. The van der Waals surface area contributed by atoms with Crippen molar-refractivity contribution in [2.24, 2.45) is 0 Å². The molecule has 2 atom stereocenters. The molecule has 3 aromatic rings. The summed E-state index contributed by atoms with van der Waals surface area (Å²) in [6.07, 6.45) is 1.65. The number of rotatable bonds is 6. The topological polar surface area (TPSA) is 59.8 Å². The van der Waals surface area contributed by atoms with Crippen molar-refractivity contribution < 1.29 is 9.18 Å². The molecule has 0 fully saturated rings. The minimum atomic E-state index is -0.361. The number of carbonyl (C=O) groups is 1. The molecule has 0 unspecified atom stereocenters.